The second-order valence-corrected chi connectivity index (χ2v) is 11.5. The maximum absolute atomic E-state index is 13.4. The monoisotopic (exact) mass is 612 g/mol. The maximum Gasteiger partial charge on any atom is 0.447 e. The second-order valence-electron chi connectivity index (χ2n) is 9.21. The number of unbranched alkanes of at least 4 members (excludes halogenated alkanes) is 2. The molecule has 0 aliphatic heterocycles. The van der Waals surface area contributed by atoms with Gasteiger partial charge in [-0.2, -0.15) is 13.2 Å². The molecular formula is C29H43F3N6OS2. The van der Waals surface area contributed by atoms with Crippen LogP contribution in [0.15, 0.2) is 23.6 Å². The molecule has 1 atom stereocenters. The molecule has 228 valence electrons. The molecule has 0 aliphatic carbocycles. The highest BCUT2D eigenvalue weighted by Gasteiger charge is 2.33. The Hall–Kier alpha value is -2.78. The predicted octanol–water partition coefficient (Wildman–Crippen LogP) is 8.35. The number of hydrogen-bond donors (Lipinski definition) is 2. The number of aromatic nitrogens is 4. The molecule has 3 heterocycles. The first-order valence-electron chi connectivity index (χ1n) is 14.1. The van der Waals surface area contributed by atoms with Gasteiger partial charge in [-0.15, -0.1) is 11.3 Å². The number of carbonyl (C=O) groups is 1. The summed E-state index contributed by atoms with van der Waals surface area (Å²) in [6.07, 6.45) is 9.79. The largest absolute Gasteiger partial charge is 0.447 e. The smallest absolute Gasteiger partial charge is 0.364 e. The zero-order chi connectivity index (χ0) is 31.0. The van der Waals surface area contributed by atoms with Crippen molar-refractivity contribution in [2.75, 3.05) is 11.9 Å². The van der Waals surface area contributed by atoms with Crippen molar-refractivity contribution in [3.05, 3.63) is 34.2 Å². The molecule has 0 radical (unpaired) electrons. The van der Waals surface area contributed by atoms with Crippen LogP contribution in [0.25, 0.3) is 5.65 Å². The van der Waals surface area contributed by atoms with Crippen molar-refractivity contribution in [3.63, 3.8) is 0 Å². The van der Waals surface area contributed by atoms with Gasteiger partial charge in [0.25, 0.3) is 5.91 Å². The topological polar surface area (TPSA) is 84.2 Å². The summed E-state index contributed by atoms with van der Waals surface area (Å²) in [5.74, 6) is 5.79. The van der Waals surface area contributed by atoms with Crippen LogP contribution < -0.4 is 10.6 Å². The van der Waals surface area contributed by atoms with Gasteiger partial charge in [0, 0.05) is 30.2 Å². The number of fused-ring (bicyclic) bond motifs is 1. The molecule has 0 spiro atoms. The fourth-order valence-corrected chi connectivity index (χ4v) is 4.87. The van der Waals surface area contributed by atoms with Crippen LogP contribution in [0, 0.1) is 24.7 Å². The highest BCUT2D eigenvalue weighted by molar-refractivity contribution is 8.00. The van der Waals surface area contributed by atoms with Crippen LogP contribution >= 0.6 is 23.1 Å². The van der Waals surface area contributed by atoms with E-state index in [1.807, 2.05) is 13.8 Å². The molecule has 0 aliphatic rings. The lowest BCUT2D eigenvalue weighted by atomic mass is 9.98. The van der Waals surface area contributed by atoms with Crippen LogP contribution in [-0.2, 0) is 0 Å². The van der Waals surface area contributed by atoms with Crippen LogP contribution in [0.2, 0.25) is 0 Å². The number of hydrogen-bond acceptors (Lipinski definition) is 7. The molecule has 7 nitrogen and oxygen atoms in total. The minimum Gasteiger partial charge on any atom is -0.364 e. The van der Waals surface area contributed by atoms with Crippen LogP contribution in [0.3, 0.4) is 0 Å². The Labute approximate surface area is 250 Å². The number of aryl methyl sites for hydroxylation is 1. The lowest BCUT2D eigenvalue weighted by molar-refractivity contribution is -0.0330. The summed E-state index contributed by atoms with van der Waals surface area (Å²) >= 11 is 0.974. The second kappa shape index (κ2) is 18.6. The standard InChI is InChI=1S/C24H29F3N6OS2.C3H8.C2H6/c1-5-6-7-9-17(15(2)3)31-20-21-32-18(23(36-24(25,26)27)33(21)13-12-28-20)10-8-11-29-22(34)19-14-30-16(4)35-19;1-3-2;1-2/h12-15,17H,5-7,9,11H2,1-4H3,(H,28,31)(H,29,34);3H2,1-2H3;1-2H3. The van der Waals surface area contributed by atoms with Gasteiger partial charge in [0.15, 0.2) is 11.5 Å². The molecule has 0 fully saturated rings. The van der Waals surface area contributed by atoms with E-state index in [-0.39, 0.29) is 46.6 Å². The fraction of sp³-hybridized carbons (Fsp3) is 0.586. The number of alkyl halides is 3. The van der Waals surface area contributed by atoms with E-state index in [9.17, 15) is 18.0 Å². The molecule has 3 aromatic heterocycles. The fourth-order valence-electron chi connectivity index (χ4n) is 3.51. The summed E-state index contributed by atoms with van der Waals surface area (Å²) in [5, 5.41) is 6.63. The normalized spacial score (nSPS) is 11.5. The van der Waals surface area contributed by atoms with E-state index < -0.39 is 5.51 Å². The maximum atomic E-state index is 13.4. The molecule has 41 heavy (non-hydrogen) atoms. The Morgan fingerprint density at radius 2 is 1.85 bits per heavy atom. The van der Waals surface area contributed by atoms with Crippen molar-refractivity contribution in [3.8, 4) is 11.8 Å². The summed E-state index contributed by atoms with van der Waals surface area (Å²) < 4.78 is 41.5. The van der Waals surface area contributed by atoms with E-state index in [0.717, 1.165) is 30.7 Å². The van der Waals surface area contributed by atoms with Crippen LogP contribution in [0.1, 0.15) is 101 Å². The number of carbonyl (C=O) groups excluding carboxylic acids is 1. The molecule has 1 unspecified atom stereocenters. The first-order valence-corrected chi connectivity index (χ1v) is 15.7. The van der Waals surface area contributed by atoms with Gasteiger partial charge in [0.2, 0.25) is 0 Å². The Morgan fingerprint density at radius 3 is 2.41 bits per heavy atom. The zero-order valence-electron chi connectivity index (χ0n) is 25.3. The molecular weight excluding hydrogens is 569 g/mol. The number of halogens is 3. The van der Waals surface area contributed by atoms with Crippen molar-refractivity contribution < 1.29 is 18.0 Å². The van der Waals surface area contributed by atoms with Gasteiger partial charge in [-0.05, 0) is 25.2 Å². The molecule has 3 aromatic rings. The summed E-state index contributed by atoms with van der Waals surface area (Å²) in [5.41, 5.74) is -4.27. The zero-order valence-corrected chi connectivity index (χ0v) is 26.9. The van der Waals surface area contributed by atoms with Crippen molar-refractivity contribution in [1.29, 1.82) is 0 Å². The van der Waals surface area contributed by atoms with Gasteiger partial charge < -0.3 is 10.6 Å². The molecule has 1 amide bonds. The Bertz CT molecular complexity index is 1260. The number of rotatable bonds is 10. The van der Waals surface area contributed by atoms with Crippen LogP contribution in [0.4, 0.5) is 19.0 Å². The van der Waals surface area contributed by atoms with Gasteiger partial charge >= 0.3 is 5.51 Å². The van der Waals surface area contributed by atoms with Crippen molar-refractivity contribution in [2.45, 2.75) is 104 Å². The molecule has 0 saturated carbocycles. The lowest BCUT2D eigenvalue weighted by Gasteiger charge is -2.23. The number of imidazole rings is 1. The van der Waals surface area contributed by atoms with Gasteiger partial charge in [0.05, 0.1) is 17.7 Å². The summed E-state index contributed by atoms with van der Waals surface area (Å²) in [6, 6.07) is 0.103. The molecule has 3 rings (SSSR count). The van der Waals surface area contributed by atoms with E-state index in [2.05, 4.69) is 72.0 Å². The van der Waals surface area contributed by atoms with Gasteiger partial charge in [0.1, 0.15) is 15.6 Å². The number of nitrogens with one attached hydrogen (secondary N) is 2. The van der Waals surface area contributed by atoms with Crippen molar-refractivity contribution >= 4 is 40.5 Å². The van der Waals surface area contributed by atoms with Crippen LogP contribution in [-0.4, -0.2) is 43.4 Å². The van der Waals surface area contributed by atoms with Gasteiger partial charge in [-0.25, -0.2) is 15.0 Å². The molecule has 2 N–H and O–H groups in total. The van der Waals surface area contributed by atoms with Crippen molar-refractivity contribution in [2.24, 2.45) is 5.92 Å². The molecule has 0 bridgehead atoms. The van der Waals surface area contributed by atoms with Crippen molar-refractivity contribution in [1.82, 2.24) is 24.7 Å². The van der Waals surface area contributed by atoms with E-state index in [0.29, 0.717) is 16.6 Å². The number of nitrogens with zero attached hydrogens (tertiary/aromatic N) is 4. The highest BCUT2D eigenvalue weighted by Crippen LogP contribution is 2.39. The van der Waals surface area contributed by atoms with E-state index in [4.69, 9.17) is 0 Å². The van der Waals surface area contributed by atoms with E-state index in [1.54, 1.807) is 6.92 Å². The SMILES string of the molecule is CC.CCC.CCCCCC(Nc1nccn2c(SC(F)(F)F)c(C#CCNC(=O)c3cnc(C)s3)nc12)C(C)C. The highest BCUT2D eigenvalue weighted by atomic mass is 32.2. The molecule has 12 heteroatoms. The quantitative estimate of drug-likeness (QED) is 0.136. The summed E-state index contributed by atoms with van der Waals surface area (Å²) in [4.78, 5) is 25.4. The minimum absolute atomic E-state index is 0.0247. The van der Waals surface area contributed by atoms with Crippen LogP contribution in [0.5, 0.6) is 0 Å². The Balaban J connectivity index is 0.00000157. The minimum atomic E-state index is -4.53. The Kier molecular flexibility index (Phi) is 16.5. The summed E-state index contributed by atoms with van der Waals surface area (Å²) in [6.45, 7) is 16.3. The lowest BCUT2D eigenvalue weighted by Crippen LogP contribution is -2.26. The number of thiazole rings is 1. The average molecular weight is 613 g/mol. The first kappa shape index (κ1) is 36.2. The first-order chi connectivity index (χ1) is 19.5. The van der Waals surface area contributed by atoms with E-state index >= 15 is 0 Å². The summed E-state index contributed by atoms with van der Waals surface area (Å²) in [7, 11) is 0. The Morgan fingerprint density at radius 1 is 1.17 bits per heavy atom. The number of anilines is 1. The number of amides is 1. The predicted molar refractivity (Wildman–Crippen MR) is 165 cm³/mol. The third kappa shape index (κ3) is 12.3. The van der Waals surface area contributed by atoms with Gasteiger partial charge in [-0.3, -0.25) is 9.20 Å². The third-order valence-electron chi connectivity index (χ3n) is 5.35. The molecule has 0 saturated heterocycles. The van der Waals surface area contributed by atoms with E-state index in [1.165, 1.54) is 40.7 Å². The molecule has 0 aromatic carbocycles. The van der Waals surface area contributed by atoms with Gasteiger partial charge in [-0.1, -0.05) is 80.1 Å². The third-order valence-corrected chi connectivity index (χ3v) is 7.07. The average Bonchev–Trinajstić information content (AvgIpc) is 3.50. The number of thioether (sulfide) groups is 1.